The quantitative estimate of drug-likeness (QED) is 0.491. The van der Waals surface area contributed by atoms with E-state index in [1.807, 2.05) is 0 Å². The maximum atomic E-state index is 2.59. The highest BCUT2D eigenvalue weighted by atomic mass is 15.2. The number of hydrogen-bond acceptors (Lipinski definition) is 2. The molecule has 3 nitrogen and oxygen atoms in total. The van der Waals surface area contributed by atoms with Crippen molar-refractivity contribution < 1.29 is 0 Å². The Kier molecular flexibility index (Phi) is 4.92. The second-order valence-corrected chi connectivity index (χ2v) is 7.96. The molecule has 2 aromatic carbocycles. The Morgan fingerprint density at radius 2 is 1.24 bits per heavy atom. The highest BCUT2D eigenvalue weighted by Crippen LogP contribution is 2.40. The van der Waals surface area contributed by atoms with Crippen molar-refractivity contribution in [1.29, 1.82) is 0 Å². The Bertz CT molecular complexity index is 1090. The summed E-state index contributed by atoms with van der Waals surface area (Å²) in [7, 11) is 2.22. The fourth-order valence-corrected chi connectivity index (χ4v) is 4.46. The maximum Gasteiger partial charge on any atom is 0.0538 e. The summed E-state index contributed by atoms with van der Waals surface area (Å²) in [5.74, 6) is 0. The van der Waals surface area contributed by atoms with Crippen LogP contribution >= 0.6 is 0 Å². The van der Waals surface area contributed by atoms with E-state index in [2.05, 4.69) is 106 Å². The van der Waals surface area contributed by atoms with Gasteiger partial charge in [0.1, 0.15) is 0 Å². The van der Waals surface area contributed by atoms with E-state index in [9.17, 15) is 0 Å². The van der Waals surface area contributed by atoms with Gasteiger partial charge >= 0.3 is 0 Å². The van der Waals surface area contributed by atoms with E-state index in [-0.39, 0.29) is 0 Å². The molecule has 0 amide bonds. The zero-order valence-electron chi connectivity index (χ0n) is 17.0. The van der Waals surface area contributed by atoms with E-state index >= 15 is 0 Å². The predicted octanol–water partition coefficient (Wildman–Crippen LogP) is 5.02. The number of aromatic nitrogens is 1. The van der Waals surface area contributed by atoms with Gasteiger partial charge in [-0.15, -0.1) is 0 Å². The molecule has 0 aliphatic carbocycles. The van der Waals surface area contributed by atoms with E-state index in [0.717, 1.165) is 32.7 Å². The lowest BCUT2D eigenvalue weighted by Crippen LogP contribution is -2.44. The minimum atomic E-state index is 0.968. The molecule has 5 rings (SSSR count). The van der Waals surface area contributed by atoms with Gasteiger partial charge in [0.25, 0.3) is 0 Å². The molecule has 3 heteroatoms. The van der Waals surface area contributed by atoms with Crippen molar-refractivity contribution in [1.82, 2.24) is 14.2 Å². The fraction of sp³-hybridized carbons (Fsp3) is 0.231. The van der Waals surface area contributed by atoms with Gasteiger partial charge in [-0.1, -0.05) is 66.7 Å². The minimum Gasteiger partial charge on any atom is -0.318 e. The number of nitrogens with zero attached hydrogens (tertiary/aromatic N) is 3. The van der Waals surface area contributed by atoms with Crippen LogP contribution in [0.25, 0.3) is 27.8 Å². The van der Waals surface area contributed by atoms with Gasteiger partial charge in [-0.3, -0.25) is 4.90 Å². The van der Waals surface area contributed by atoms with Crippen molar-refractivity contribution in [2.75, 3.05) is 33.2 Å². The molecule has 0 bridgehead atoms. The third-order valence-electron chi connectivity index (χ3n) is 6.04. The molecular weight excluding hydrogens is 354 g/mol. The molecule has 29 heavy (non-hydrogen) atoms. The molecule has 1 saturated heterocycles. The number of pyridine rings is 1. The SMILES string of the molecule is CN1CCN(Cc2c(-c3ccccc3)c(-c3ccccc3)c3ccccn23)CC1. The molecule has 0 atom stereocenters. The summed E-state index contributed by atoms with van der Waals surface area (Å²) in [5, 5.41) is 0. The number of piperazine rings is 1. The number of hydrogen-bond donors (Lipinski definition) is 0. The average molecular weight is 382 g/mol. The molecule has 1 aliphatic rings. The predicted molar refractivity (Wildman–Crippen MR) is 121 cm³/mol. The molecular formula is C26H27N3. The summed E-state index contributed by atoms with van der Waals surface area (Å²) in [6.45, 7) is 5.47. The van der Waals surface area contributed by atoms with Crippen molar-refractivity contribution in [3.63, 3.8) is 0 Å². The molecule has 4 aromatic rings. The summed E-state index contributed by atoms with van der Waals surface area (Å²) in [6.07, 6.45) is 2.22. The first-order chi connectivity index (χ1) is 14.3. The van der Waals surface area contributed by atoms with Gasteiger partial charge in [-0.05, 0) is 30.3 Å². The Morgan fingerprint density at radius 3 is 1.90 bits per heavy atom. The van der Waals surface area contributed by atoms with Crippen LogP contribution in [0.4, 0.5) is 0 Å². The van der Waals surface area contributed by atoms with Crippen molar-refractivity contribution in [2.45, 2.75) is 6.54 Å². The second kappa shape index (κ2) is 7.86. The van der Waals surface area contributed by atoms with Gasteiger partial charge in [0, 0.05) is 55.7 Å². The summed E-state index contributed by atoms with van der Waals surface area (Å²) in [4.78, 5) is 5.01. The highest BCUT2D eigenvalue weighted by molar-refractivity contribution is 5.96. The fourth-order valence-electron chi connectivity index (χ4n) is 4.46. The van der Waals surface area contributed by atoms with E-state index in [4.69, 9.17) is 0 Å². The lowest BCUT2D eigenvalue weighted by Gasteiger charge is -2.32. The van der Waals surface area contributed by atoms with Crippen molar-refractivity contribution >= 4 is 5.52 Å². The topological polar surface area (TPSA) is 10.9 Å². The highest BCUT2D eigenvalue weighted by Gasteiger charge is 2.23. The van der Waals surface area contributed by atoms with E-state index in [0.29, 0.717) is 0 Å². The smallest absolute Gasteiger partial charge is 0.0538 e. The number of fused-ring (bicyclic) bond motifs is 1. The zero-order valence-corrected chi connectivity index (χ0v) is 17.0. The van der Waals surface area contributed by atoms with Crippen molar-refractivity contribution in [3.8, 4) is 22.3 Å². The first kappa shape index (κ1) is 18.2. The van der Waals surface area contributed by atoms with Crippen LogP contribution in [-0.2, 0) is 6.54 Å². The molecule has 0 saturated carbocycles. The van der Waals surface area contributed by atoms with E-state index in [1.54, 1.807) is 0 Å². The maximum absolute atomic E-state index is 2.59. The van der Waals surface area contributed by atoms with Crippen LogP contribution in [0.15, 0.2) is 85.1 Å². The zero-order chi connectivity index (χ0) is 19.6. The normalized spacial score (nSPS) is 15.8. The second-order valence-electron chi connectivity index (χ2n) is 7.96. The van der Waals surface area contributed by atoms with E-state index in [1.165, 1.54) is 33.5 Å². The molecule has 146 valence electrons. The molecule has 2 aromatic heterocycles. The van der Waals surface area contributed by atoms with Gasteiger partial charge in [0.15, 0.2) is 0 Å². The van der Waals surface area contributed by atoms with Gasteiger partial charge < -0.3 is 9.30 Å². The lowest BCUT2D eigenvalue weighted by molar-refractivity contribution is 0.147. The van der Waals surface area contributed by atoms with Crippen LogP contribution in [0.1, 0.15) is 5.69 Å². The van der Waals surface area contributed by atoms with Gasteiger partial charge in [0.2, 0.25) is 0 Å². The summed E-state index contributed by atoms with van der Waals surface area (Å²) < 4.78 is 2.41. The van der Waals surface area contributed by atoms with Crippen molar-refractivity contribution in [3.05, 3.63) is 90.8 Å². The minimum absolute atomic E-state index is 0.968. The van der Waals surface area contributed by atoms with Crippen molar-refractivity contribution in [2.24, 2.45) is 0 Å². The van der Waals surface area contributed by atoms with E-state index < -0.39 is 0 Å². The third-order valence-corrected chi connectivity index (χ3v) is 6.04. The number of rotatable bonds is 4. The first-order valence-corrected chi connectivity index (χ1v) is 10.4. The number of likely N-dealkylation sites (N-methyl/N-ethyl adjacent to an activating group) is 1. The largest absolute Gasteiger partial charge is 0.318 e. The standard InChI is InChI=1S/C26H27N3/c1-27-16-18-28(19-17-27)20-24-26(22-12-6-3-7-13-22)25(21-10-4-2-5-11-21)23-14-8-9-15-29(23)24/h2-15H,16-20H2,1H3. The lowest BCUT2D eigenvalue weighted by atomic mass is 9.95. The van der Waals surface area contributed by atoms with Crippen LogP contribution in [0, 0.1) is 0 Å². The number of benzene rings is 2. The van der Waals surface area contributed by atoms with Crippen LogP contribution in [-0.4, -0.2) is 47.4 Å². The molecule has 1 aliphatic heterocycles. The molecule has 0 radical (unpaired) electrons. The van der Waals surface area contributed by atoms with Gasteiger partial charge in [-0.25, -0.2) is 0 Å². The molecule has 3 heterocycles. The van der Waals surface area contributed by atoms with Crippen LogP contribution in [0.2, 0.25) is 0 Å². The first-order valence-electron chi connectivity index (χ1n) is 10.4. The summed E-state index contributed by atoms with van der Waals surface area (Å²) in [6, 6.07) is 28.2. The molecule has 0 unspecified atom stereocenters. The average Bonchev–Trinajstić information content (AvgIpc) is 3.11. The van der Waals surface area contributed by atoms with Gasteiger partial charge in [-0.2, -0.15) is 0 Å². The third kappa shape index (κ3) is 3.48. The van der Waals surface area contributed by atoms with Crippen LogP contribution < -0.4 is 0 Å². The Morgan fingerprint density at radius 1 is 0.655 bits per heavy atom. The molecule has 0 spiro atoms. The molecule has 1 fully saturated rings. The van der Waals surface area contributed by atoms with Gasteiger partial charge in [0.05, 0.1) is 5.52 Å². The Labute approximate surface area is 172 Å². The summed E-state index contributed by atoms with van der Waals surface area (Å²) >= 11 is 0. The van der Waals surface area contributed by atoms with Crippen LogP contribution in [0.3, 0.4) is 0 Å². The Hall–Kier alpha value is -2.88. The van der Waals surface area contributed by atoms with Crippen LogP contribution in [0.5, 0.6) is 0 Å². The summed E-state index contributed by atoms with van der Waals surface area (Å²) in [5.41, 5.74) is 7.93. The monoisotopic (exact) mass is 381 g/mol. The molecule has 0 N–H and O–H groups in total. The Balaban J connectivity index is 1.73.